The molecule has 1 nitrogen and oxygen atoms in total. The van der Waals surface area contributed by atoms with Crippen LogP contribution in [0.5, 0.6) is 0 Å². The van der Waals surface area contributed by atoms with E-state index in [2.05, 4.69) is 7.85 Å². The molecule has 1 saturated carbocycles. The summed E-state index contributed by atoms with van der Waals surface area (Å²) in [5.74, 6) is 1.58. The topological polar surface area (TPSA) is 20.2 Å². The van der Waals surface area contributed by atoms with Gasteiger partial charge in [-0.3, -0.25) is 0 Å². The fraction of sp³-hybridized carbons (Fsp3) is 1.00. The van der Waals surface area contributed by atoms with Crippen LogP contribution in [0.3, 0.4) is 0 Å². The molecule has 2 atom stereocenters. The summed E-state index contributed by atoms with van der Waals surface area (Å²) in [6.45, 7) is 0.413. The van der Waals surface area contributed by atoms with Gasteiger partial charge in [0.05, 0.1) is 0 Å². The molecule has 13 heavy (non-hydrogen) atoms. The summed E-state index contributed by atoms with van der Waals surface area (Å²) in [5, 5.41) is 9.12. The average Bonchev–Trinajstić information content (AvgIpc) is 2.28. The largest absolute Gasteiger partial charge is 0.396 e. The highest BCUT2D eigenvalue weighted by Crippen LogP contribution is 2.26. The van der Waals surface area contributed by atoms with Crippen molar-refractivity contribution in [3.8, 4) is 0 Å². The molecule has 0 heterocycles. The molecule has 0 aromatic rings. The van der Waals surface area contributed by atoms with Crippen molar-refractivity contribution < 1.29 is 5.11 Å². The van der Waals surface area contributed by atoms with Crippen molar-refractivity contribution in [3.63, 3.8) is 0 Å². The van der Waals surface area contributed by atoms with Crippen molar-refractivity contribution in [1.29, 1.82) is 0 Å². The summed E-state index contributed by atoms with van der Waals surface area (Å²) < 4.78 is 0. The Labute approximate surface area is 83.3 Å². The predicted molar refractivity (Wildman–Crippen MR) is 59.7 cm³/mol. The molecule has 1 aliphatic rings. The third kappa shape index (κ3) is 4.17. The molecule has 2 unspecified atom stereocenters. The van der Waals surface area contributed by atoms with Crippen LogP contribution in [0.15, 0.2) is 0 Å². The monoisotopic (exact) mass is 182 g/mol. The normalized spacial score (nSPS) is 31.8. The summed E-state index contributed by atoms with van der Waals surface area (Å²) >= 11 is 0. The van der Waals surface area contributed by atoms with E-state index in [1.165, 1.54) is 51.3 Å². The first-order valence-electron chi connectivity index (χ1n) is 5.97. The molecule has 76 valence electrons. The Hall–Kier alpha value is 0.0249. The summed E-state index contributed by atoms with van der Waals surface area (Å²) in [4.78, 5) is 0. The maximum Gasteiger partial charge on any atom is 0.101 e. The Morgan fingerprint density at radius 2 is 1.46 bits per heavy atom. The molecule has 2 heteroatoms. The molecule has 1 fully saturated rings. The van der Waals surface area contributed by atoms with Gasteiger partial charge in [0.15, 0.2) is 0 Å². The predicted octanol–water partition coefficient (Wildman–Crippen LogP) is 2.01. The quantitative estimate of drug-likeness (QED) is 0.647. The van der Waals surface area contributed by atoms with Crippen molar-refractivity contribution in [2.75, 3.05) is 6.61 Å². The van der Waals surface area contributed by atoms with E-state index in [1.807, 2.05) is 0 Å². The first-order valence-corrected chi connectivity index (χ1v) is 5.97. The van der Waals surface area contributed by atoms with E-state index >= 15 is 0 Å². The number of aliphatic hydroxyl groups excluding tert-OH is 1. The maximum atomic E-state index is 9.12. The van der Waals surface area contributed by atoms with Gasteiger partial charge in [0.25, 0.3) is 0 Å². The molecule has 0 saturated heterocycles. The number of hydrogen-bond donors (Lipinski definition) is 1. The van der Waals surface area contributed by atoms with Gasteiger partial charge in [0.1, 0.15) is 7.85 Å². The van der Waals surface area contributed by atoms with Crippen LogP contribution in [-0.4, -0.2) is 19.6 Å². The van der Waals surface area contributed by atoms with Crippen LogP contribution in [0.2, 0.25) is 6.32 Å². The summed E-state index contributed by atoms with van der Waals surface area (Å²) in [5.41, 5.74) is 0. The molecule has 1 N–H and O–H groups in total. The lowest BCUT2D eigenvalue weighted by Gasteiger charge is -2.13. The summed E-state index contributed by atoms with van der Waals surface area (Å²) in [6, 6.07) is 0. The zero-order valence-electron chi connectivity index (χ0n) is 8.97. The smallest absolute Gasteiger partial charge is 0.101 e. The third-order valence-corrected chi connectivity index (χ3v) is 3.54. The minimum absolute atomic E-state index is 0.413. The van der Waals surface area contributed by atoms with E-state index in [1.54, 1.807) is 0 Å². The molecule has 0 aliphatic heterocycles. The van der Waals surface area contributed by atoms with Crippen LogP contribution in [0.1, 0.15) is 44.9 Å². The standard InChI is InChI=1S/C11H23BO/c12-8-10-4-1-2-5-11(9-13)7-3-6-10/h10-11,13H,1-9,12H2. The highest BCUT2D eigenvalue weighted by atomic mass is 16.3. The molecule has 0 radical (unpaired) electrons. The van der Waals surface area contributed by atoms with Crippen LogP contribution < -0.4 is 0 Å². The van der Waals surface area contributed by atoms with Gasteiger partial charge in [-0.2, -0.15) is 0 Å². The van der Waals surface area contributed by atoms with Crippen molar-refractivity contribution in [1.82, 2.24) is 0 Å². The van der Waals surface area contributed by atoms with E-state index in [0.717, 1.165) is 5.92 Å². The van der Waals surface area contributed by atoms with Gasteiger partial charge in [-0.1, -0.05) is 38.4 Å². The fourth-order valence-corrected chi connectivity index (χ4v) is 2.44. The van der Waals surface area contributed by atoms with Gasteiger partial charge < -0.3 is 5.11 Å². The molecule has 0 spiro atoms. The molecule has 1 aliphatic carbocycles. The van der Waals surface area contributed by atoms with E-state index < -0.39 is 0 Å². The lowest BCUT2D eigenvalue weighted by atomic mass is 9.84. The fourth-order valence-electron chi connectivity index (χ4n) is 2.44. The second-order valence-corrected chi connectivity index (χ2v) is 4.54. The van der Waals surface area contributed by atoms with E-state index in [0.29, 0.717) is 12.5 Å². The highest BCUT2D eigenvalue weighted by Gasteiger charge is 2.13. The summed E-state index contributed by atoms with van der Waals surface area (Å²) in [6.07, 6.45) is 10.7. The lowest BCUT2D eigenvalue weighted by molar-refractivity contribution is 0.206. The Balaban J connectivity index is 2.29. The minimum atomic E-state index is 0.413. The van der Waals surface area contributed by atoms with Gasteiger partial charge >= 0.3 is 0 Å². The molecule has 0 amide bonds. The average molecular weight is 182 g/mol. The van der Waals surface area contributed by atoms with Crippen LogP contribution in [0.25, 0.3) is 0 Å². The molecule has 0 aromatic carbocycles. The van der Waals surface area contributed by atoms with E-state index in [4.69, 9.17) is 5.11 Å². The molecule has 0 aromatic heterocycles. The Morgan fingerprint density at radius 1 is 0.923 bits per heavy atom. The second kappa shape index (κ2) is 6.47. The first kappa shape index (κ1) is 11.1. The molecule has 1 rings (SSSR count). The van der Waals surface area contributed by atoms with Gasteiger partial charge in [-0.15, -0.1) is 0 Å². The Kier molecular flexibility index (Phi) is 5.53. The number of aliphatic hydroxyl groups is 1. The number of hydrogen-bond acceptors (Lipinski definition) is 1. The van der Waals surface area contributed by atoms with Crippen molar-refractivity contribution in [3.05, 3.63) is 0 Å². The van der Waals surface area contributed by atoms with Crippen LogP contribution >= 0.6 is 0 Å². The van der Waals surface area contributed by atoms with Crippen molar-refractivity contribution in [2.24, 2.45) is 11.8 Å². The molecular weight excluding hydrogens is 159 g/mol. The summed E-state index contributed by atoms with van der Waals surface area (Å²) in [7, 11) is 2.31. The molecular formula is C11H23BO. The first-order chi connectivity index (χ1) is 6.36. The third-order valence-electron chi connectivity index (χ3n) is 3.54. The molecule has 0 bridgehead atoms. The minimum Gasteiger partial charge on any atom is -0.396 e. The second-order valence-electron chi connectivity index (χ2n) is 4.54. The Bertz CT molecular complexity index is 113. The zero-order valence-corrected chi connectivity index (χ0v) is 8.97. The number of rotatable bonds is 2. The van der Waals surface area contributed by atoms with Gasteiger partial charge in [-0.25, -0.2) is 0 Å². The van der Waals surface area contributed by atoms with E-state index in [9.17, 15) is 0 Å². The van der Waals surface area contributed by atoms with Gasteiger partial charge in [0, 0.05) is 6.61 Å². The highest BCUT2D eigenvalue weighted by molar-refractivity contribution is 6.08. The van der Waals surface area contributed by atoms with Crippen LogP contribution in [0, 0.1) is 11.8 Å². The lowest BCUT2D eigenvalue weighted by Crippen LogP contribution is -2.05. The van der Waals surface area contributed by atoms with Gasteiger partial charge in [-0.05, 0) is 24.7 Å². The van der Waals surface area contributed by atoms with Crippen molar-refractivity contribution >= 4 is 7.85 Å². The zero-order chi connectivity index (χ0) is 9.52. The van der Waals surface area contributed by atoms with Gasteiger partial charge in [0.2, 0.25) is 0 Å². The Morgan fingerprint density at radius 3 is 2.08 bits per heavy atom. The van der Waals surface area contributed by atoms with Crippen LogP contribution in [-0.2, 0) is 0 Å². The van der Waals surface area contributed by atoms with Crippen LogP contribution in [0.4, 0.5) is 0 Å². The van der Waals surface area contributed by atoms with Crippen molar-refractivity contribution in [2.45, 2.75) is 51.3 Å². The SMILES string of the molecule is BCC1CCCCC(CO)CCC1. The maximum absolute atomic E-state index is 9.12. The van der Waals surface area contributed by atoms with E-state index in [-0.39, 0.29) is 0 Å².